The van der Waals surface area contributed by atoms with Crippen molar-refractivity contribution >= 4 is 79.5 Å². The van der Waals surface area contributed by atoms with Crippen molar-refractivity contribution in [3.63, 3.8) is 0 Å². The molecule has 4 aromatic carbocycles. The number of nitrogens with zero attached hydrogens (tertiary/aromatic N) is 1. The fourth-order valence-electron chi connectivity index (χ4n) is 5.78. The van der Waals surface area contributed by atoms with Crippen molar-refractivity contribution in [2.75, 3.05) is 29.5 Å². The van der Waals surface area contributed by atoms with Crippen LogP contribution in [-0.4, -0.2) is 47.5 Å². The average Bonchev–Trinajstić information content (AvgIpc) is 3.52. The highest BCUT2D eigenvalue weighted by atomic mass is 79.9. The van der Waals surface area contributed by atoms with E-state index in [1.165, 1.54) is 28.7 Å². The van der Waals surface area contributed by atoms with Gasteiger partial charge in [0.25, 0.3) is 11.8 Å². The van der Waals surface area contributed by atoms with Gasteiger partial charge in [0.05, 0.1) is 17.9 Å². The van der Waals surface area contributed by atoms with Crippen LogP contribution in [0.15, 0.2) is 124 Å². The van der Waals surface area contributed by atoms with Crippen molar-refractivity contribution in [1.82, 2.24) is 10.2 Å². The first-order valence-corrected chi connectivity index (χ1v) is 19.6. The number of halogens is 1. The van der Waals surface area contributed by atoms with E-state index in [0.29, 0.717) is 34.8 Å². The maximum Gasteiger partial charge on any atom is 0.341 e. The van der Waals surface area contributed by atoms with Gasteiger partial charge >= 0.3 is 5.97 Å². The van der Waals surface area contributed by atoms with Gasteiger partial charge in [0.1, 0.15) is 10.7 Å². The van der Waals surface area contributed by atoms with E-state index in [2.05, 4.69) is 48.9 Å². The predicted octanol–water partition coefficient (Wildman–Crippen LogP) is 8.39. The van der Waals surface area contributed by atoms with Gasteiger partial charge < -0.3 is 20.7 Å². The van der Waals surface area contributed by atoms with Crippen LogP contribution in [0.5, 0.6) is 0 Å². The molecule has 0 aliphatic carbocycles. The molecule has 0 radical (unpaired) electrons. The van der Waals surface area contributed by atoms with E-state index in [1.54, 1.807) is 55.5 Å². The maximum absolute atomic E-state index is 13.5. The monoisotopic (exact) mass is 808 g/mol. The number of anilines is 2. The van der Waals surface area contributed by atoms with Crippen molar-refractivity contribution in [1.29, 1.82) is 0 Å². The maximum atomic E-state index is 13.5. The Balaban J connectivity index is 1.11. The highest BCUT2D eigenvalue weighted by Gasteiger charge is 2.29. The molecule has 12 heteroatoms. The molecule has 270 valence electrons. The minimum absolute atomic E-state index is 0.0674. The molecule has 0 atom stereocenters. The number of benzene rings is 4. The number of rotatable bonds is 13. The Bertz CT molecular complexity index is 2120. The van der Waals surface area contributed by atoms with Gasteiger partial charge in [0.2, 0.25) is 5.91 Å². The number of fused-ring (bicyclic) bond motifs is 1. The first-order valence-electron chi connectivity index (χ1n) is 17.0. The van der Waals surface area contributed by atoms with Crippen LogP contribution in [0.3, 0.4) is 0 Å². The Morgan fingerprint density at radius 1 is 0.906 bits per heavy atom. The van der Waals surface area contributed by atoms with Crippen molar-refractivity contribution in [2.24, 2.45) is 0 Å². The summed E-state index contributed by atoms with van der Waals surface area (Å²) in [5.74, 6) is -1.54. The van der Waals surface area contributed by atoms with Crippen molar-refractivity contribution in [3.8, 4) is 0 Å². The number of thiophene rings is 1. The quantitative estimate of drug-likeness (QED) is 0.0622. The number of hydrogen-bond acceptors (Lipinski definition) is 8. The van der Waals surface area contributed by atoms with E-state index in [9.17, 15) is 19.2 Å². The second kappa shape index (κ2) is 18.2. The normalized spacial score (nSPS) is 12.8. The Morgan fingerprint density at radius 3 is 2.38 bits per heavy atom. The third-order valence-electron chi connectivity index (χ3n) is 8.29. The lowest BCUT2D eigenvalue weighted by Gasteiger charge is -2.27. The second-order valence-electron chi connectivity index (χ2n) is 12.1. The topological polar surface area (TPSA) is 117 Å². The van der Waals surface area contributed by atoms with E-state index in [1.807, 2.05) is 54.6 Å². The molecule has 53 heavy (non-hydrogen) atoms. The molecule has 0 fully saturated rings. The smallest absolute Gasteiger partial charge is 0.341 e. The summed E-state index contributed by atoms with van der Waals surface area (Å²) in [5, 5.41) is 9.11. The van der Waals surface area contributed by atoms with Crippen LogP contribution in [0.25, 0.3) is 6.08 Å². The summed E-state index contributed by atoms with van der Waals surface area (Å²) in [6, 6.07) is 33.4. The second-order valence-corrected chi connectivity index (χ2v) is 15.2. The minimum atomic E-state index is -0.507. The first kappa shape index (κ1) is 37.7. The molecule has 3 N–H and O–H groups in total. The zero-order valence-corrected chi connectivity index (χ0v) is 32.1. The summed E-state index contributed by atoms with van der Waals surface area (Å²) < 4.78 is 6.29. The van der Waals surface area contributed by atoms with Crippen molar-refractivity contribution in [2.45, 2.75) is 31.3 Å². The summed E-state index contributed by atoms with van der Waals surface area (Å²) in [4.78, 5) is 57.1. The molecular formula is C41H37BrN4O5S2. The van der Waals surface area contributed by atoms with E-state index in [0.717, 1.165) is 38.5 Å². The zero-order chi connectivity index (χ0) is 37.2. The van der Waals surface area contributed by atoms with Crippen LogP contribution in [0.2, 0.25) is 0 Å². The van der Waals surface area contributed by atoms with Gasteiger partial charge in [-0.05, 0) is 78.6 Å². The molecule has 0 saturated carbocycles. The summed E-state index contributed by atoms with van der Waals surface area (Å²) in [6.45, 7) is 4.28. The lowest BCUT2D eigenvalue weighted by molar-refractivity contribution is -0.114. The third kappa shape index (κ3) is 10.3. The van der Waals surface area contributed by atoms with Crippen LogP contribution in [-0.2, 0) is 33.8 Å². The van der Waals surface area contributed by atoms with Gasteiger partial charge in [0, 0.05) is 45.1 Å². The summed E-state index contributed by atoms with van der Waals surface area (Å²) in [7, 11) is 0. The molecule has 1 aliphatic heterocycles. The van der Waals surface area contributed by atoms with Gasteiger partial charge in [-0.15, -0.1) is 23.1 Å². The number of ether oxygens (including phenoxy) is 1. The number of esters is 1. The van der Waals surface area contributed by atoms with E-state index in [4.69, 9.17) is 4.74 Å². The number of carbonyl (C=O) groups is 4. The lowest BCUT2D eigenvalue weighted by Crippen LogP contribution is -2.30. The number of carbonyl (C=O) groups excluding carboxylic acids is 4. The van der Waals surface area contributed by atoms with Crippen LogP contribution >= 0.6 is 39.0 Å². The van der Waals surface area contributed by atoms with Gasteiger partial charge in [-0.1, -0.05) is 82.7 Å². The average molecular weight is 810 g/mol. The van der Waals surface area contributed by atoms with Crippen molar-refractivity contribution < 1.29 is 23.9 Å². The number of nitrogens with one attached hydrogen (secondary N) is 3. The molecule has 0 bridgehead atoms. The molecule has 5 aromatic rings. The molecular weight excluding hydrogens is 773 g/mol. The molecule has 3 amide bonds. The minimum Gasteiger partial charge on any atom is -0.462 e. The Morgan fingerprint density at radius 2 is 1.64 bits per heavy atom. The molecule has 0 unspecified atom stereocenters. The van der Waals surface area contributed by atoms with Crippen LogP contribution in [0.1, 0.15) is 49.2 Å². The molecule has 2 heterocycles. The van der Waals surface area contributed by atoms with Gasteiger partial charge in [-0.2, -0.15) is 0 Å². The molecule has 1 aromatic heterocycles. The van der Waals surface area contributed by atoms with Crippen LogP contribution < -0.4 is 16.0 Å². The van der Waals surface area contributed by atoms with Gasteiger partial charge in [-0.3, -0.25) is 19.3 Å². The van der Waals surface area contributed by atoms with E-state index >= 15 is 0 Å². The highest BCUT2D eigenvalue weighted by molar-refractivity contribution is 9.10. The third-order valence-corrected chi connectivity index (χ3v) is 10.9. The largest absolute Gasteiger partial charge is 0.462 e. The summed E-state index contributed by atoms with van der Waals surface area (Å²) >= 11 is 6.15. The Kier molecular flexibility index (Phi) is 12.9. The Hall–Kier alpha value is -5.01. The number of amides is 3. The Labute approximate surface area is 325 Å². The molecule has 6 rings (SSSR count). The molecule has 0 saturated heterocycles. The zero-order valence-electron chi connectivity index (χ0n) is 28.9. The summed E-state index contributed by atoms with van der Waals surface area (Å²) in [6.07, 6.45) is 2.30. The molecule has 9 nitrogen and oxygen atoms in total. The number of hydrogen-bond donors (Lipinski definition) is 3. The van der Waals surface area contributed by atoms with Crippen LogP contribution in [0.4, 0.5) is 10.7 Å². The SMILES string of the molecule is CCOC(=O)c1c(NC(=O)CSc2cccc(NC(=O)/C(=C/c3ccc(Br)cc3)NC(=O)c3ccccc3)c2)sc2c1CCN(Cc1ccccc1)C2. The molecule has 1 aliphatic rings. The number of thioether (sulfide) groups is 1. The van der Waals surface area contributed by atoms with Crippen LogP contribution in [0, 0.1) is 0 Å². The van der Waals surface area contributed by atoms with E-state index in [-0.39, 0.29) is 24.0 Å². The fraction of sp³-hybridized carbons (Fsp3) is 0.171. The standard InChI is InChI=1S/C41H37BrN4O5S2/c1-2-51-41(50)37-33-20-21-46(24-28-10-5-3-6-11-28)25-35(33)53-40(37)45-36(47)26-52-32-15-9-14-31(23-32)43-39(49)34(22-27-16-18-30(42)19-17-27)44-38(48)29-12-7-4-8-13-29/h3-19,22-23H,2,20-21,24-26H2,1H3,(H,43,49)(H,44,48)(H,45,47)/b34-22-. The summed E-state index contributed by atoms with van der Waals surface area (Å²) in [5.41, 5.74) is 4.31. The first-order chi connectivity index (χ1) is 25.7. The molecule has 0 spiro atoms. The highest BCUT2D eigenvalue weighted by Crippen LogP contribution is 2.38. The predicted molar refractivity (Wildman–Crippen MR) is 215 cm³/mol. The fourth-order valence-corrected chi connectivity index (χ4v) is 8.10. The van der Waals surface area contributed by atoms with Gasteiger partial charge in [0.15, 0.2) is 0 Å². The van der Waals surface area contributed by atoms with E-state index < -0.39 is 17.8 Å². The van der Waals surface area contributed by atoms with Crippen molar-refractivity contribution in [3.05, 3.63) is 152 Å². The van der Waals surface area contributed by atoms with Gasteiger partial charge in [-0.25, -0.2) is 4.79 Å². The lowest BCUT2D eigenvalue weighted by atomic mass is 10.0.